The lowest BCUT2D eigenvalue weighted by atomic mass is 9.92. The number of carbonyl (C=O) groups excluding carboxylic acids is 1. The summed E-state index contributed by atoms with van der Waals surface area (Å²) in [5.74, 6) is 0.0173. The maximum atomic E-state index is 12.1. The average Bonchev–Trinajstić information content (AvgIpc) is 2.84. The molecule has 0 spiro atoms. The lowest BCUT2D eigenvalue weighted by molar-refractivity contribution is -0.122. The van der Waals surface area contributed by atoms with E-state index in [2.05, 4.69) is 17.3 Å². The first-order chi connectivity index (χ1) is 10.2. The van der Waals surface area contributed by atoms with Gasteiger partial charge in [-0.15, -0.1) is 0 Å². The zero-order valence-electron chi connectivity index (χ0n) is 12.7. The van der Waals surface area contributed by atoms with Crippen molar-refractivity contribution in [2.24, 2.45) is 5.73 Å². The Bertz CT molecular complexity index is 472. The molecule has 2 unspecified atom stereocenters. The standard InChI is InChI=1S/C15H26N4O2/c1-2-4-11(16)9-15(21)18-13-5-3-6-14-12(13)10-17-19(14)7-8-20/h10-11,13,20H,2-9,16H2,1H3,(H,18,21). The number of hydrogen-bond acceptors (Lipinski definition) is 4. The molecule has 1 aromatic heterocycles. The Hall–Kier alpha value is -1.40. The van der Waals surface area contributed by atoms with Crippen LogP contribution in [-0.2, 0) is 17.8 Å². The largest absolute Gasteiger partial charge is 0.394 e. The van der Waals surface area contributed by atoms with E-state index in [9.17, 15) is 4.79 Å². The second kappa shape index (κ2) is 7.56. The number of carbonyl (C=O) groups is 1. The molecule has 6 heteroatoms. The van der Waals surface area contributed by atoms with E-state index in [0.29, 0.717) is 13.0 Å². The van der Waals surface area contributed by atoms with Crippen LogP contribution in [0.25, 0.3) is 0 Å². The molecule has 2 atom stereocenters. The molecule has 118 valence electrons. The summed E-state index contributed by atoms with van der Waals surface area (Å²) in [5, 5.41) is 16.5. The topological polar surface area (TPSA) is 93.2 Å². The summed E-state index contributed by atoms with van der Waals surface area (Å²) < 4.78 is 1.84. The van der Waals surface area contributed by atoms with Crippen LogP contribution < -0.4 is 11.1 Å². The molecule has 0 fully saturated rings. The Morgan fingerprint density at radius 1 is 1.67 bits per heavy atom. The van der Waals surface area contributed by atoms with Crippen LogP contribution in [0.15, 0.2) is 6.20 Å². The summed E-state index contributed by atoms with van der Waals surface area (Å²) in [6, 6.07) is -0.0299. The van der Waals surface area contributed by atoms with Crippen LogP contribution in [0, 0.1) is 0 Å². The smallest absolute Gasteiger partial charge is 0.222 e. The lowest BCUT2D eigenvalue weighted by Crippen LogP contribution is -2.35. The second-order valence-corrected chi connectivity index (χ2v) is 5.76. The van der Waals surface area contributed by atoms with Gasteiger partial charge in [0.15, 0.2) is 0 Å². The van der Waals surface area contributed by atoms with Gasteiger partial charge in [-0.05, 0) is 25.7 Å². The Kier molecular flexibility index (Phi) is 5.76. The predicted molar refractivity (Wildman–Crippen MR) is 80.6 cm³/mol. The number of rotatable bonds is 7. The molecular formula is C15H26N4O2. The average molecular weight is 294 g/mol. The third-order valence-corrected chi connectivity index (χ3v) is 4.02. The lowest BCUT2D eigenvalue weighted by Gasteiger charge is -2.24. The van der Waals surface area contributed by atoms with Gasteiger partial charge >= 0.3 is 0 Å². The number of hydrogen-bond donors (Lipinski definition) is 3. The van der Waals surface area contributed by atoms with E-state index in [0.717, 1.165) is 43.4 Å². The van der Waals surface area contributed by atoms with Gasteiger partial charge in [-0.25, -0.2) is 0 Å². The van der Waals surface area contributed by atoms with E-state index in [1.807, 2.05) is 10.9 Å². The molecule has 1 amide bonds. The highest BCUT2D eigenvalue weighted by molar-refractivity contribution is 5.77. The Morgan fingerprint density at radius 3 is 3.19 bits per heavy atom. The third kappa shape index (κ3) is 4.04. The number of aliphatic hydroxyl groups is 1. The second-order valence-electron chi connectivity index (χ2n) is 5.76. The van der Waals surface area contributed by atoms with E-state index < -0.39 is 0 Å². The fourth-order valence-corrected chi connectivity index (χ4v) is 3.02. The zero-order chi connectivity index (χ0) is 15.2. The van der Waals surface area contributed by atoms with E-state index >= 15 is 0 Å². The molecule has 1 aliphatic rings. The number of nitrogens with one attached hydrogen (secondary N) is 1. The van der Waals surface area contributed by atoms with Gasteiger partial charge in [0.25, 0.3) is 0 Å². The van der Waals surface area contributed by atoms with Gasteiger partial charge in [0, 0.05) is 23.7 Å². The first kappa shape index (κ1) is 16.0. The zero-order valence-corrected chi connectivity index (χ0v) is 12.7. The molecular weight excluding hydrogens is 268 g/mol. The summed E-state index contributed by atoms with van der Waals surface area (Å²) in [5.41, 5.74) is 8.15. The maximum absolute atomic E-state index is 12.1. The molecule has 0 aromatic carbocycles. The summed E-state index contributed by atoms with van der Waals surface area (Å²) in [6.45, 7) is 2.66. The molecule has 2 rings (SSSR count). The fourth-order valence-electron chi connectivity index (χ4n) is 3.02. The molecule has 21 heavy (non-hydrogen) atoms. The summed E-state index contributed by atoms with van der Waals surface area (Å²) in [4.78, 5) is 12.1. The van der Waals surface area contributed by atoms with E-state index in [4.69, 9.17) is 10.8 Å². The number of fused-ring (bicyclic) bond motifs is 1. The quantitative estimate of drug-likeness (QED) is 0.696. The molecule has 1 heterocycles. The first-order valence-corrected chi connectivity index (χ1v) is 7.86. The monoisotopic (exact) mass is 294 g/mol. The molecule has 0 saturated carbocycles. The minimum Gasteiger partial charge on any atom is -0.394 e. The molecule has 0 radical (unpaired) electrons. The normalized spacial score (nSPS) is 19.1. The number of aromatic nitrogens is 2. The van der Waals surface area contributed by atoms with Crippen LogP contribution in [0.3, 0.4) is 0 Å². The van der Waals surface area contributed by atoms with E-state index in [1.165, 1.54) is 0 Å². The third-order valence-electron chi connectivity index (χ3n) is 4.02. The Labute approximate surface area is 125 Å². The predicted octanol–water partition coefficient (Wildman–Crippen LogP) is 0.886. The van der Waals surface area contributed by atoms with Crippen LogP contribution in [-0.4, -0.2) is 33.4 Å². The Balaban J connectivity index is 1.98. The van der Waals surface area contributed by atoms with Crippen molar-refractivity contribution in [3.05, 3.63) is 17.5 Å². The molecule has 6 nitrogen and oxygen atoms in total. The van der Waals surface area contributed by atoms with Crippen molar-refractivity contribution in [2.75, 3.05) is 6.61 Å². The van der Waals surface area contributed by atoms with Crippen LogP contribution in [0.1, 0.15) is 56.3 Å². The number of nitrogens with zero attached hydrogens (tertiary/aromatic N) is 2. The van der Waals surface area contributed by atoms with E-state index in [1.54, 1.807) is 0 Å². The molecule has 0 saturated heterocycles. The van der Waals surface area contributed by atoms with Gasteiger partial charge in [0.05, 0.1) is 25.4 Å². The van der Waals surface area contributed by atoms with Crippen molar-refractivity contribution in [1.82, 2.24) is 15.1 Å². The van der Waals surface area contributed by atoms with Crippen LogP contribution >= 0.6 is 0 Å². The molecule has 0 bridgehead atoms. The van der Waals surface area contributed by atoms with Crippen molar-refractivity contribution in [2.45, 2.75) is 64.1 Å². The van der Waals surface area contributed by atoms with Gasteiger partial charge in [-0.1, -0.05) is 13.3 Å². The fraction of sp³-hybridized carbons (Fsp3) is 0.733. The number of nitrogens with two attached hydrogens (primary N) is 1. The van der Waals surface area contributed by atoms with Gasteiger partial charge < -0.3 is 16.2 Å². The molecule has 1 aliphatic carbocycles. The minimum atomic E-state index is -0.0600. The van der Waals surface area contributed by atoms with Gasteiger partial charge in [0.1, 0.15) is 0 Å². The molecule has 0 aliphatic heterocycles. The van der Waals surface area contributed by atoms with Crippen molar-refractivity contribution in [3.8, 4) is 0 Å². The molecule has 4 N–H and O–H groups in total. The van der Waals surface area contributed by atoms with E-state index in [-0.39, 0.29) is 24.6 Å². The first-order valence-electron chi connectivity index (χ1n) is 7.86. The highest BCUT2D eigenvalue weighted by Crippen LogP contribution is 2.29. The molecule has 1 aromatic rings. The van der Waals surface area contributed by atoms with Crippen LogP contribution in [0.2, 0.25) is 0 Å². The number of aliphatic hydroxyl groups excluding tert-OH is 1. The van der Waals surface area contributed by atoms with Crippen LogP contribution in [0.5, 0.6) is 0 Å². The SMILES string of the molecule is CCCC(N)CC(=O)NC1CCCc2c1cnn2CCO. The Morgan fingerprint density at radius 2 is 2.48 bits per heavy atom. The van der Waals surface area contributed by atoms with Crippen LogP contribution in [0.4, 0.5) is 0 Å². The maximum Gasteiger partial charge on any atom is 0.222 e. The summed E-state index contributed by atoms with van der Waals surface area (Å²) in [7, 11) is 0. The summed E-state index contributed by atoms with van der Waals surface area (Å²) >= 11 is 0. The van der Waals surface area contributed by atoms with Gasteiger partial charge in [-0.2, -0.15) is 5.10 Å². The van der Waals surface area contributed by atoms with Gasteiger partial charge in [-0.3, -0.25) is 9.48 Å². The van der Waals surface area contributed by atoms with Crippen molar-refractivity contribution in [1.29, 1.82) is 0 Å². The minimum absolute atomic E-state index is 0.0173. The summed E-state index contributed by atoms with van der Waals surface area (Å²) in [6.07, 6.45) is 6.99. The highest BCUT2D eigenvalue weighted by Gasteiger charge is 2.25. The van der Waals surface area contributed by atoms with Crippen molar-refractivity contribution in [3.63, 3.8) is 0 Å². The number of amides is 1. The van der Waals surface area contributed by atoms with Gasteiger partial charge in [0.2, 0.25) is 5.91 Å². The highest BCUT2D eigenvalue weighted by atomic mass is 16.3. The van der Waals surface area contributed by atoms with Crippen molar-refractivity contribution >= 4 is 5.91 Å². The van der Waals surface area contributed by atoms with Crippen molar-refractivity contribution < 1.29 is 9.90 Å².